The van der Waals surface area contributed by atoms with Crippen molar-refractivity contribution in [3.8, 4) is 0 Å². The van der Waals surface area contributed by atoms with Crippen LogP contribution < -0.4 is 5.32 Å². The Balaban J connectivity index is 1.88. The summed E-state index contributed by atoms with van der Waals surface area (Å²) in [5.74, 6) is 0. The first-order valence-electron chi connectivity index (χ1n) is 6.50. The predicted octanol–water partition coefficient (Wildman–Crippen LogP) is 3.08. The maximum absolute atomic E-state index is 5.10. The summed E-state index contributed by atoms with van der Waals surface area (Å²) >= 11 is 0. The first-order valence-corrected chi connectivity index (χ1v) is 6.50. The van der Waals surface area contributed by atoms with Gasteiger partial charge in [-0.2, -0.15) is 0 Å². The number of rotatable bonds is 6. The lowest BCUT2D eigenvalue weighted by atomic mass is 10.1. The van der Waals surface area contributed by atoms with E-state index in [2.05, 4.69) is 41.5 Å². The molecule has 1 aromatic heterocycles. The Kier molecular flexibility index (Phi) is 5.07. The van der Waals surface area contributed by atoms with Crippen LogP contribution in [0.25, 0.3) is 0 Å². The Labute approximate surface area is 114 Å². The minimum Gasteiger partial charge on any atom is -0.380 e. The molecule has 0 aliphatic heterocycles. The first kappa shape index (κ1) is 13.7. The molecule has 0 saturated carbocycles. The van der Waals surface area contributed by atoms with Crippen LogP contribution >= 0.6 is 0 Å². The number of nitrogens with one attached hydrogen (secondary N) is 1. The molecule has 0 aliphatic carbocycles. The van der Waals surface area contributed by atoms with Crippen molar-refractivity contribution in [3.05, 3.63) is 65.5 Å². The van der Waals surface area contributed by atoms with Crippen molar-refractivity contribution in [2.45, 2.75) is 26.1 Å². The molecule has 1 atom stereocenters. The minimum atomic E-state index is 0.250. The number of aromatic nitrogens is 1. The van der Waals surface area contributed by atoms with Gasteiger partial charge in [0, 0.05) is 25.9 Å². The van der Waals surface area contributed by atoms with Crippen molar-refractivity contribution in [2.24, 2.45) is 0 Å². The summed E-state index contributed by atoms with van der Waals surface area (Å²) in [5.41, 5.74) is 3.53. The summed E-state index contributed by atoms with van der Waals surface area (Å²) in [7, 11) is 1.71. The zero-order chi connectivity index (χ0) is 13.5. The number of hydrogen-bond donors (Lipinski definition) is 1. The van der Waals surface area contributed by atoms with Crippen LogP contribution in [0.2, 0.25) is 0 Å². The second-order valence-corrected chi connectivity index (χ2v) is 4.61. The Bertz CT molecular complexity index is 482. The monoisotopic (exact) mass is 256 g/mol. The molecule has 0 spiro atoms. The van der Waals surface area contributed by atoms with Gasteiger partial charge in [-0.05, 0) is 30.2 Å². The fourth-order valence-electron chi connectivity index (χ4n) is 1.93. The van der Waals surface area contributed by atoms with Gasteiger partial charge in [-0.15, -0.1) is 0 Å². The van der Waals surface area contributed by atoms with E-state index in [0.717, 1.165) is 12.2 Å². The van der Waals surface area contributed by atoms with Crippen molar-refractivity contribution in [1.82, 2.24) is 10.3 Å². The largest absolute Gasteiger partial charge is 0.380 e. The molecule has 19 heavy (non-hydrogen) atoms. The third-order valence-electron chi connectivity index (χ3n) is 3.08. The fraction of sp³-hybridized carbons (Fsp3) is 0.312. The normalized spacial score (nSPS) is 12.3. The molecule has 0 amide bonds. The van der Waals surface area contributed by atoms with E-state index in [9.17, 15) is 0 Å². The van der Waals surface area contributed by atoms with Crippen molar-refractivity contribution >= 4 is 0 Å². The third kappa shape index (κ3) is 4.16. The molecular weight excluding hydrogens is 236 g/mol. The second-order valence-electron chi connectivity index (χ2n) is 4.61. The lowest BCUT2D eigenvalue weighted by molar-refractivity contribution is 0.185. The second kappa shape index (κ2) is 7.02. The highest BCUT2D eigenvalue weighted by atomic mass is 16.5. The molecule has 0 unspecified atom stereocenters. The van der Waals surface area contributed by atoms with Gasteiger partial charge in [0.15, 0.2) is 0 Å². The van der Waals surface area contributed by atoms with Crippen LogP contribution in [-0.4, -0.2) is 12.1 Å². The van der Waals surface area contributed by atoms with Crippen LogP contribution in [0.1, 0.15) is 29.8 Å². The number of nitrogens with zero attached hydrogens (tertiary/aromatic N) is 1. The van der Waals surface area contributed by atoms with Gasteiger partial charge >= 0.3 is 0 Å². The third-order valence-corrected chi connectivity index (χ3v) is 3.08. The molecule has 0 bridgehead atoms. The highest BCUT2D eigenvalue weighted by Gasteiger charge is 2.05. The summed E-state index contributed by atoms with van der Waals surface area (Å²) in [6.45, 7) is 3.63. The first-order chi connectivity index (χ1) is 9.29. The summed E-state index contributed by atoms with van der Waals surface area (Å²) in [4.78, 5) is 4.35. The van der Waals surface area contributed by atoms with E-state index in [1.165, 1.54) is 11.1 Å². The van der Waals surface area contributed by atoms with E-state index in [-0.39, 0.29) is 6.04 Å². The molecule has 1 N–H and O–H groups in total. The quantitative estimate of drug-likeness (QED) is 0.862. The van der Waals surface area contributed by atoms with Crippen LogP contribution in [0.4, 0.5) is 0 Å². The van der Waals surface area contributed by atoms with Crippen LogP contribution in [0.5, 0.6) is 0 Å². The average Bonchev–Trinajstić information content (AvgIpc) is 2.47. The van der Waals surface area contributed by atoms with E-state index >= 15 is 0 Å². The van der Waals surface area contributed by atoms with Gasteiger partial charge in [0.2, 0.25) is 0 Å². The molecule has 2 aromatic rings. The maximum Gasteiger partial charge on any atom is 0.0713 e. The fourth-order valence-corrected chi connectivity index (χ4v) is 1.93. The SMILES string of the molecule is COCc1ccc(CN[C@@H](C)c2ccccn2)cc1. The van der Waals surface area contributed by atoms with Gasteiger partial charge in [0.05, 0.1) is 12.3 Å². The topological polar surface area (TPSA) is 34.1 Å². The number of ether oxygens (including phenoxy) is 1. The van der Waals surface area contributed by atoms with Crippen molar-refractivity contribution in [3.63, 3.8) is 0 Å². The molecule has 1 aromatic carbocycles. The van der Waals surface area contributed by atoms with Crippen molar-refractivity contribution < 1.29 is 4.74 Å². The number of methoxy groups -OCH3 is 1. The predicted molar refractivity (Wildman–Crippen MR) is 76.6 cm³/mol. The van der Waals surface area contributed by atoms with E-state index < -0.39 is 0 Å². The highest BCUT2D eigenvalue weighted by Crippen LogP contribution is 2.10. The smallest absolute Gasteiger partial charge is 0.0713 e. The number of benzene rings is 1. The Hall–Kier alpha value is -1.71. The molecule has 2 rings (SSSR count). The van der Waals surface area contributed by atoms with Gasteiger partial charge in [-0.25, -0.2) is 0 Å². The summed E-state index contributed by atoms with van der Waals surface area (Å²) in [5, 5.41) is 3.47. The summed E-state index contributed by atoms with van der Waals surface area (Å²) in [6.07, 6.45) is 1.83. The lowest BCUT2D eigenvalue weighted by Gasteiger charge is -2.13. The van der Waals surface area contributed by atoms with Gasteiger partial charge in [0.25, 0.3) is 0 Å². The zero-order valence-corrected chi connectivity index (χ0v) is 11.5. The zero-order valence-electron chi connectivity index (χ0n) is 11.5. The standard InChI is InChI=1S/C16H20N2O/c1-13(16-5-3-4-10-17-16)18-11-14-6-8-15(9-7-14)12-19-2/h3-10,13,18H,11-12H2,1-2H3/t13-/m0/s1. The molecular formula is C16H20N2O. The molecule has 1 heterocycles. The molecule has 3 heteroatoms. The maximum atomic E-state index is 5.10. The summed E-state index contributed by atoms with van der Waals surface area (Å²) in [6, 6.07) is 14.7. The molecule has 3 nitrogen and oxygen atoms in total. The van der Waals surface area contributed by atoms with E-state index in [1.807, 2.05) is 24.4 Å². The van der Waals surface area contributed by atoms with Gasteiger partial charge in [-0.1, -0.05) is 30.3 Å². The molecule has 0 radical (unpaired) electrons. The molecule has 0 aliphatic rings. The average molecular weight is 256 g/mol. The van der Waals surface area contributed by atoms with Crippen LogP contribution in [0, 0.1) is 0 Å². The molecule has 0 fully saturated rings. The van der Waals surface area contributed by atoms with E-state index in [4.69, 9.17) is 4.74 Å². The Morgan fingerprint density at radius 2 is 1.84 bits per heavy atom. The lowest BCUT2D eigenvalue weighted by Crippen LogP contribution is -2.18. The minimum absolute atomic E-state index is 0.250. The van der Waals surface area contributed by atoms with E-state index in [0.29, 0.717) is 6.61 Å². The number of pyridine rings is 1. The Morgan fingerprint density at radius 1 is 1.11 bits per heavy atom. The van der Waals surface area contributed by atoms with Gasteiger partial charge < -0.3 is 10.1 Å². The van der Waals surface area contributed by atoms with Crippen molar-refractivity contribution in [1.29, 1.82) is 0 Å². The van der Waals surface area contributed by atoms with E-state index in [1.54, 1.807) is 7.11 Å². The molecule has 100 valence electrons. The van der Waals surface area contributed by atoms with Gasteiger partial charge in [0.1, 0.15) is 0 Å². The van der Waals surface area contributed by atoms with Crippen LogP contribution in [0.15, 0.2) is 48.7 Å². The highest BCUT2D eigenvalue weighted by molar-refractivity contribution is 5.22. The van der Waals surface area contributed by atoms with Crippen LogP contribution in [0.3, 0.4) is 0 Å². The van der Waals surface area contributed by atoms with Crippen molar-refractivity contribution in [2.75, 3.05) is 7.11 Å². The molecule has 0 saturated heterocycles. The number of hydrogen-bond acceptors (Lipinski definition) is 3. The summed E-state index contributed by atoms with van der Waals surface area (Å²) < 4.78 is 5.10. The van der Waals surface area contributed by atoms with Crippen LogP contribution in [-0.2, 0) is 17.9 Å². The Morgan fingerprint density at radius 3 is 2.47 bits per heavy atom. The van der Waals surface area contributed by atoms with Gasteiger partial charge in [-0.3, -0.25) is 4.98 Å².